The number of hydrogen-bond acceptors (Lipinski definition) is 5. The summed E-state index contributed by atoms with van der Waals surface area (Å²) in [6.45, 7) is 4.23. The van der Waals surface area contributed by atoms with Crippen LogP contribution in [0.4, 0.5) is 0 Å². The van der Waals surface area contributed by atoms with E-state index in [9.17, 15) is 14.7 Å². The van der Waals surface area contributed by atoms with E-state index < -0.39 is 6.10 Å². The molecule has 0 spiro atoms. The first-order valence-corrected chi connectivity index (χ1v) is 42.2. The Morgan fingerprint density at radius 1 is 0.244 bits per heavy atom. The molecule has 0 bridgehead atoms. The molecule has 536 valence electrons. The molecule has 1 unspecified atom stereocenters. The van der Waals surface area contributed by atoms with E-state index in [2.05, 4.69) is 26.0 Å². The average Bonchev–Trinajstić information content (AvgIpc) is 3.60. The van der Waals surface area contributed by atoms with E-state index in [1.54, 1.807) is 0 Å². The highest BCUT2D eigenvalue weighted by molar-refractivity contribution is 5.70. The van der Waals surface area contributed by atoms with Crippen molar-refractivity contribution < 1.29 is 24.2 Å². The molecule has 0 heterocycles. The highest BCUT2D eigenvalue weighted by atomic mass is 16.6. The molecular weight excluding hydrogens is 1100 g/mol. The number of hydrogen-bond donors (Lipinski definition) is 1. The number of rotatable bonds is 81. The Kier molecular flexibility index (Phi) is 80.6. The Bertz CT molecular complexity index is 1340. The Morgan fingerprint density at radius 2 is 0.411 bits per heavy atom. The van der Waals surface area contributed by atoms with Gasteiger partial charge in [0.15, 0.2) is 6.10 Å². The normalized spacial score (nSPS) is 12.1. The minimum atomic E-state index is -0.768. The Hall–Kier alpha value is -1.36. The monoisotopic (exact) mass is 1270 g/mol. The van der Waals surface area contributed by atoms with Gasteiger partial charge in [-0.2, -0.15) is 0 Å². The number of esters is 2. The summed E-state index contributed by atoms with van der Waals surface area (Å²) in [5, 5.41) is 9.74. The maximum Gasteiger partial charge on any atom is 0.306 e. The molecule has 1 N–H and O–H groups in total. The zero-order valence-corrected chi connectivity index (χ0v) is 62.0. The van der Waals surface area contributed by atoms with Crippen LogP contribution in [-0.2, 0) is 19.1 Å². The van der Waals surface area contributed by atoms with Gasteiger partial charge in [-0.05, 0) is 38.5 Å². The molecule has 5 nitrogen and oxygen atoms in total. The molecule has 0 radical (unpaired) electrons. The number of unbranched alkanes of at least 4 members (excludes halogenated alkanes) is 71. The van der Waals surface area contributed by atoms with Crippen molar-refractivity contribution in [1.82, 2.24) is 0 Å². The Labute approximate surface area is 566 Å². The van der Waals surface area contributed by atoms with Gasteiger partial charge in [-0.25, -0.2) is 0 Å². The first-order valence-electron chi connectivity index (χ1n) is 42.2. The third kappa shape index (κ3) is 79.1. The van der Waals surface area contributed by atoms with Gasteiger partial charge in [0, 0.05) is 12.8 Å². The number of ether oxygens (including phenoxy) is 2. The molecule has 0 amide bonds. The van der Waals surface area contributed by atoms with Gasteiger partial charge in [0.05, 0.1) is 6.61 Å². The standard InChI is InChI=1S/C85H166O5/c1-3-5-7-9-11-13-15-17-19-21-23-25-27-29-31-33-35-37-39-40-41-42-43-44-46-48-50-52-54-56-58-60-62-64-66-68-70-72-74-76-78-80-85(88)90-83(81-86)82-89-84(87)79-77-75-73-71-69-67-65-63-61-59-57-55-53-51-49-47-45-38-36-34-32-30-28-26-24-22-20-18-16-14-12-10-8-6-4-2/h21,23,83,86H,3-20,22,24-82H2,1-2H3/b23-21-. The summed E-state index contributed by atoms with van der Waals surface area (Å²) in [5.41, 5.74) is 0. The maximum atomic E-state index is 12.4. The van der Waals surface area contributed by atoms with Crippen LogP contribution in [0.3, 0.4) is 0 Å². The van der Waals surface area contributed by atoms with Crippen molar-refractivity contribution in [3.63, 3.8) is 0 Å². The summed E-state index contributed by atoms with van der Waals surface area (Å²) < 4.78 is 10.8. The van der Waals surface area contributed by atoms with Crippen LogP contribution in [0.1, 0.15) is 502 Å². The van der Waals surface area contributed by atoms with Crippen LogP contribution in [-0.4, -0.2) is 36.4 Å². The highest BCUT2D eigenvalue weighted by Crippen LogP contribution is 2.21. The maximum absolute atomic E-state index is 12.4. The van der Waals surface area contributed by atoms with Gasteiger partial charge in [-0.3, -0.25) is 9.59 Å². The lowest BCUT2D eigenvalue weighted by Gasteiger charge is -2.15. The van der Waals surface area contributed by atoms with E-state index in [0.717, 1.165) is 32.1 Å². The van der Waals surface area contributed by atoms with Crippen molar-refractivity contribution in [1.29, 1.82) is 0 Å². The lowest BCUT2D eigenvalue weighted by atomic mass is 10.0. The summed E-state index contributed by atoms with van der Waals surface area (Å²) in [7, 11) is 0. The highest BCUT2D eigenvalue weighted by Gasteiger charge is 2.16. The number of aliphatic hydroxyl groups excluding tert-OH is 1. The first kappa shape index (κ1) is 88.6. The minimum Gasteiger partial charge on any atom is -0.462 e. The molecule has 0 aliphatic rings. The molecule has 0 aliphatic carbocycles. The number of carbonyl (C=O) groups is 2. The van der Waals surface area contributed by atoms with Crippen LogP contribution < -0.4 is 0 Å². The van der Waals surface area contributed by atoms with E-state index in [0.29, 0.717) is 12.8 Å². The summed E-state index contributed by atoms with van der Waals surface area (Å²) in [5.74, 6) is -0.556. The van der Waals surface area contributed by atoms with E-state index in [-0.39, 0.29) is 25.2 Å². The molecule has 1 atom stereocenters. The second-order valence-electron chi connectivity index (χ2n) is 29.3. The van der Waals surface area contributed by atoms with Gasteiger partial charge < -0.3 is 14.6 Å². The molecule has 0 fully saturated rings. The van der Waals surface area contributed by atoms with E-state index >= 15 is 0 Å². The summed E-state index contributed by atoms with van der Waals surface area (Å²) in [4.78, 5) is 24.7. The molecule has 90 heavy (non-hydrogen) atoms. The second-order valence-corrected chi connectivity index (χ2v) is 29.3. The zero-order valence-electron chi connectivity index (χ0n) is 62.0. The topological polar surface area (TPSA) is 72.8 Å². The van der Waals surface area contributed by atoms with Crippen molar-refractivity contribution in [3.05, 3.63) is 12.2 Å². The van der Waals surface area contributed by atoms with E-state index in [4.69, 9.17) is 9.47 Å². The molecular formula is C85H166O5. The van der Waals surface area contributed by atoms with Crippen molar-refractivity contribution in [2.75, 3.05) is 13.2 Å². The van der Waals surface area contributed by atoms with Crippen LogP contribution in [0.2, 0.25) is 0 Å². The molecule has 5 heteroatoms. The number of allylic oxidation sites excluding steroid dienone is 2. The van der Waals surface area contributed by atoms with Crippen molar-refractivity contribution >= 4 is 11.9 Å². The fraction of sp³-hybridized carbons (Fsp3) is 0.953. The third-order valence-corrected chi connectivity index (χ3v) is 20.1. The molecule has 0 saturated heterocycles. The van der Waals surface area contributed by atoms with Crippen LogP contribution >= 0.6 is 0 Å². The van der Waals surface area contributed by atoms with Gasteiger partial charge in [0.25, 0.3) is 0 Å². The smallest absolute Gasteiger partial charge is 0.306 e. The van der Waals surface area contributed by atoms with E-state index in [1.807, 2.05) is 0 Å². The predicted octanol–water partition coefficient (Wildman–Crippen LogP) is 29.7. The van der Waals surface area contributed by atoms with Gasteiger partial charge in [-0.15, -0.1) is 0 Å². The summed E-state index contributed by atoms with van der Waals surface area (Å²) in [6, 6.07) is 0. The van der Waals surface area contributed by atoms with Crippen LogP contribution in [0, 0.1) is 0 Å². The SMILES string of the molecule is CCCCCCCCCC/C=C\CCCCCCCCCCCCCCCCCCCCCCCCCCCCCCCC(=O)OC(CO)COC(=O)CCCCCCCCCCCCCCCCCCCCCCCCCCCCCCCCCCCCC. The third-order valence-electron chi connectivity index (χ3n) is 20.1. The Morgan fingerprint density at radius 3 is 0.600 bits per heavy atom. The van der Waals surface area contributed by atoms with E-state index in [1.165, 1.54) is 443 Å². The number of carbonyl (C=O) groups excluding carboxylic acids is 2. The lowest BCUT2D eigenvalue weighted by molar-refractivity contribution is -0.161. The van der Waals surface area contributed by atoms with Crippen LogP contribution in [0.25, 0.3) is 0 Å². The quantitative estimate of drug-likeness (QED) is 0.0373. The Balaban J connectivity index is 3.32. The average molecular weight is 1270 g/mol. The van der Waals surface area contributed by atoms with Crippen molar-refractivity contribution in [2.45, 2.75) is 508 Å². The van der Waals surface area contributed by atoms with Crippen LogP contribution in [0.15, 0.2) is 12.2 Å². The molecule has 0 aliphatic heterocycles. The van der Waals surface area contributed by atoms with Crippen LogP contribution in [0.5, 0.6) is 0 Å². The molecule has 0 aromatic carbocycles. The fourth-order valence-electron chi connectivity index (χ4n) is 13.7. The summed E-state index contributed by atoms with van der Waals surface area (Å²) in [6.07, 6.45) is 108. The molecule has 0 aromatic rings. The minimum absolute atomic E-state index is 0.0558. The largest absolute Gasteiger partial charge is 0.462 e. The van der Waals surface area contributed by atoms with Gasteiger partial charge >= 0.3 is 11.9 Å². The molecule has 0 aromatic heterocycles. The zero-order chi connectivity index (χ0) is 64.7. The van der Waals surface area contributed by atoms with Crippen molar-refractivity contribution in [3.8, 4) is 0 Å². The second kappa shape index (κ2) is 81.9. The molecule has 0 rings (SSSR count). The lowest BCUT2D eigenvalue weighted by Crippen LogP contribution is -2.28. The van der Waals surface area contributed by atoms with Gasteiger partial charge in [0.2, 0.25) is 0 Å². The van der Waals surface area contributed by atoms with Gasteiger partial charge in [-0.1, -0.05) is 463 Å². The molecule has 0 saturated carbocycles. The predicted molar refractivity (Wildman–Crippen MR) is 399 cm³/mol. The fourth-order valence-corrected chi connectivity index (χ4v) is 13.7. The van der Waals surface area contributed by atoms with Crippen molar-refractivity contribution in [2.24, 2.45) is 0 Å². The number of aliphatic hydroxyl groups is 1. The van der Waals surface area contributed by atoms with Gasteiger partial charge in [0.1, 0.15) is 6.61 Å². The first-order chi connectivity index (χ1) is 44.6. The summed E-state index contributed by atoms with van der Waals surface area (Å²) >= 11 is 0.